The van der Waals surface area contributed by atoms with E-state index in [4.69, 9.17) is 14.6 Å². The van der Waals surface area contributed by atoms with E-state index in [-0.39, 0.29) is 30.7 Å². The number of carbonyl (C=O) groups excluding carboxylic acids is 3. The third kappa shape index (κ3) is 4.52. The van der Waals surface area contributed by atoms with Gasteiger partial charge in [0.15, 0.2) is 6.61 Å². The Bertz CT molecular complexity index is 969. The molecule has 0 bridgehead atoms. The Morgan fingerprint density at radius 2 is 1.66 bits per heavy atom. The fraction of sp³-hybridized carbons (Fsp3) is 0.200. The summed E-state index contributed by atoms with van der Waals surface area (Å²) in [5.41, 5.74) is 0.621. The molecule has 29 heavy (non-hydrogen) atoms. The number of nitrogens with zero attached hydrogens (tertiary/aromatic N) is 1. The summed E-state index contributed by atoms with van der Waals surface area (Å²) in [4.78, 5) is 48.3. The SMILES string of the molecule is COc1ccc(OCC(=O)Nc2ccc3c(c2)C(=O)N(CCC(=O)O)C3=O)cc1. The maximum Gasteiger partial charge on any atom is 0.305 e. The summed E-state index contributed by atoms with van der Waals surface area (Å²) in [5, 5.41) is 11.4. The number of carbonyl (C=O) groups is 4. The molecule has 2 N–H and O–H groups in total. The van der Waals surface area contributed by atoms with Crippen molar-refractivity contribution in [3.63, 3.8) is 0 Å². The van der Waals surface area contributed by atoms with Gasteiger partial charge in [0.05, 0.1) is 24.7 Å². The second-order valence-corrected chi connectivity index (χ2v) is 6.18. The van der Waals surface area contributed by atoms with E-state index >= 15 is 0 Å². The number of fused-ring (bicyclic) bond motifs is 1. The molecule has 0 spiro atoms. The van der Waals surface area contributed by atoms with Crippen molar-refractivity contribution in [3.05, 3.63) is 53.6 Å². The van der Waals surface area contributed by atoms with E-state index in [1.807, 2.05) is 0 Å². The van der Waals surface area contributed by atoms with Crippen LogP contribution in [0.5, 0.6) is 11.5 Å². The van der Waals surface area contributed by atoms with Crippen LogP contribution in [0, 0.1) is 0 Å². The number of amides is 3. The average molecular weight is 398 g/mol. The smallest absolute Gasteiger partial charge is 0.305 e. The lowest BCUT2D eigenvalue weighted by molar-refractivity contribution is -0.137. The number of ether oxygens (including phenoxy) is 2. The van der Waals surface area contributed by atoms with Crippen LogP contribution >= 0.6 is 0 Å². The van der Waals surface area contributed by atoms with Gasteiger partial charge in [0.1, 0.15) is 11.5 Å². The third-order valence-corrected chi connectivity index (χ3v) is 4.23. The average Bonchev–Trinajstić information content (AvgIpc) is 2.95. The number of imide groups is 1. The molecular formula is C20H18N2O7. The van der Waals surface area contributed by atoms with Crippen LogP contribution in [0.1, 0.15) is 27.1 Å². The molecule has 1 aliphatic rings. The minimum Gasteiger partial charge on any atom is -0.497 e. The molecule has 3 amide bonds. The predicted octanol–water partition coefficient (Wildman–Crippen LogP) is 1.78. The topological polar surface area (TPSA) is 122 Å². The first-order valence-electron chi connectivity index (χ1n) is 8.68. The number of carboxylic acid groups (broad SMARTS) is 1. The number of hydrogen-bond donors (Lipinski definition) is 2. The zero-order chi connectivity index (χ0) is 21.0. The maximum atomic E-state index is 12.4. The van der Waals surface area contributed by atoms with E-state index in [0.29, 0.717) is 17.2 Å². The second-order valence-electron chi connectivity index (χ2n) is 6.18. The number of benzene rings is 2. The summed E-state index contributed by atoms with van der Waals surface area (Å²) in [6.07, 6.45) is -0.336. The van der Waals surface area contributed by atoms with Crippen LogP contribution in [0.25, 0.3) is 0 Å². The predicted molar refractivity (Wildman–Crippen MR) is 101 cm³/mol. The highest BCUT2D eigenvalue weighted by molar-refractivity contribution is 6.22. The maximum absolute atomic E-state index is 12.4. The van der Waals surface area contributed by atoms with E-state index in [0.717, 1.165) is 4.90 Å². The zero-order valence-electron chi connectivity index (χ0n) is 15.5. The Kier molecular flexibility index (Phi) is 5.77. The fourth-order valence-electron chi connectivity index (χ4n) is 2.80. The summed E-state index contributed by atoms with van der Waals surface area (Å²) in [5.74, 6) is -1.53. The molecule has 3 rings (SSSR count). The van der Waals surface area contributed by atoms with Crippen molar-refractivity contribution >= 4 is 29.4 Å². The Labute approximate surface area is 165 Å². The molecule has 0 aliphatic carbocycles. The zero-order valence-corrected chi connectivity index (χ0v) is 15.5. The van der Waals surface area contributed by atoms with Gasteiger partial charge in [-0.15, -0.1) is 0 Å². The second kappa shape index (κ2) is 8.42. The van der Waals surface area contributed by atoms with Gasteiger partial charge in [-0.05, 0) is 42.5 Å². The number of carboxylic acids is 1. The molecule has 1 aliphatic heterocycles. The molecule has 0 aromatic heterocycles. The van der Waals surface area contributed by atoms with Gasteiger partial charge in [-0.25, -0.2) is 0 Å². The van der Waals surface area contributed by atoms with E-state index in [1.165, 1.54) is 18.2 Å². The van der Waals surface area contributed by atoms with E-state index in [1.54, 1.807) is 31.4 Å². The molecule has 9 nitrogen and oxygen atoms in total. The molecule has 0 atom stereocenters. The highest BCUT2D eigenvalue weighted by atomic mass is 16.5. The molecule has 150 valence electrons. The summed E-state index contributed by atoms with van der Waals surface area (Å²) >= 11 is 0. The summed E-state index contributed by atoms with van der Waals surface area (Å²) in [7, 11) is 1.55. The van der Waals surface area contributed by atoms with Gasteiger partial charge in [0.2, 0.25) is 0 Å². The van der Waals surface area contributed by atoms with Crippen LogP contribution in [-0.4, -0.2) is 54.0 Å². The van der Waals surface area contributed by atoms with Gasteiger partial charge in [0, 0.05) is 12.2 Å². The number of methoxy groups -OCH3 is 1. The van der Waals surface area contributed by atoms with Gasteiger partial charge in [-0.2, -0.15) is 0 Å². The van der Waals surface area contributed by atoms with Crippen LogP contribution in [0.3, 0.4) is 0 Å². The number of aliphatic carboxylic acids is 1. The Morgan fingerprint density at radius 3 is 2.31 bits per heavy atom. The Balaban J connectivity index is 1.61. The summed E-state index contributed by atoms with van der Waals surface area (Å²) in [6, 6.07) is 11.0. The molecule has 0 unspecified atom stereocenters. The van der Waals surface area contributed by atoms with E-state index in [2.05, 4.69) is 5.32 Å². The summed E-state index contributed by atoms with van der Waals surface area (Å²) in [6.45, 7) is -0.458. The lowest BCUT2D eigenvalue weighted by Crippen LogP contribution is -2.31. The molecule has 0 fully saturated rings. The Hall–Kier alpha value is -3.88. The van der Waals surface area contributed by atoms with Gasteiger partial charge in [0.25, 0.3) is 17.7 Å². The van der Waals surface area contributed by atoms with Crippen molar-refractivity contribution in [2.75, 3.05) is 25.6 Å². The largest absolute Gasteiger partial charge is 0.497 e. The lowest BCUT2D eigenvalue weighted by atomic mass is 10.1. The van der Waals surface area contributed by atoms with Gasteiger partial charge in [-0.3, -0.25) is 24.1 Å². The third-order valence-electron chi connectivity index (χ3n) is 4.23. The van der Waals surface area contributed by atoms with Crippen molar-refractivity contribution in [1.82, 2.24) is 4.90 Å². The normalized spacial score (nSPS) is 12.5. The van der Waals surface area contributed by atoms with Crippen LogP contribution in [0.15, 0.2) is 42.5 Å². The first-order chi connectivity index (χ1) is 13.9. The fourth-order valence-corrected chi connectivity index (χ4v) is 2.80. The minimum absolute atomic E-state index is 0.120. The molecule has 2 aromatic rings. The molecule has 9 heteroatoms. The first kappa shape index (κ1) is 19.9. The van der Waals surface area contributed by atoms with Crippen molar-refractivity contribution in [2.45, 2.75) is 6.42 Å². The van der Waals surface area contributed by atoms with Crippen LogP contribution in [-0.2, 0) is 9.59 Å². The van der Waals surface area contributed by atoms with Crippen LogP contribution in [0.4, 0.5) is 5.69 Å². The van der Waals surface area contributed by atoms with Gasteiger partial charge >= 0.3 is 5.97 Å². The summed E-state index contributed by atoms with van der Waals surface area (Å²) < 4.78 is 10.4. The highest BCUT2D eigenvalue weighted by Crippen LogP contribution is 2.26. The minimum atomic E-state index is -1.11. The first-order valence-corrected chi connectivity index (χ1v) is 8.68. The molecule has 0 radical (unpaired) electrons. The van der Waals surface area contributed by atoms with Gasteiger partial charge < -0.3 is 19.9 Å². The number of nitrogens with one attached hydrogen (secondary N) is 1. The number of hydrogen-bond acceptors (Lipinski definition) is 6. The van der Waals surface area contributed by atoms with Crippen molar-refractivity contribution in [1.29, 1.82) is 0 Å². The number of rotatable bonds is 8. The van der Waals surface area contributed by atoms with E-state index < -0.39 is 23.7 Å². The number of anilines is 1. The van der Waals surface area contributed by atoms with Gasteiger partial charge in [-0.1, -0.05) is 0 Å². The van der Waals surface area contributed by atoms with E-state index in [9.17, 15) is 19.2 Å². The lowest BCUT2D eigenvalue weighted by Gasteiger charge is -2.11. The standard InChI is InChI=1S/C20H18N2O7/c1-28-13-3-5-14(6-4-13)29-11-17(23)21-12-2-7-15-16(10-12)20(27)22(19(15)26)9-8-18(24)25/h2-7,10H,8-9,11H2,1H3,(H,21,23)(H,24,25). The van der Waals surface area contributed by atoms with Crippen molar-refractivity contribution < 1.29 is 33.8 Å². The van der Waals surface area contributed by atoms with Crippen molar-refractivity contribution in [3.8, 4) is 11.5 Å². The molecule has 1 heterocycles. The Morgan fingerprint density at radius 1 is 1.00 bits per heavy atom. The molecule has 2 aromatic carbocycles. The molecular weight excluding hydrogens is 380 g/mol. The monoisotopic (exact) mass is 398 g/mol. The quantitative estimate of drug-likeness (QED) is 0.650. The molecule has 0 saturated carbocycles. The highest BCUT2D eigenvalue weighted by Gasteiger charge is 2.35. The molecule has 0 saturated heterocycles. The van der Waals surface area contributed by atoms with Crippen LogP contribution < -0.4 is 14.8 Å². The van der Waals surface area contributed by atoms with Crippen molar-refractivity contribution in [2.24, 2.45) is 0 Å². The van der Waals surface area contributed by atoms with Crippen LogP contribution in [0.2, 0.25) is 0 Å².